The highest BCUT2D eigenvalue weighted by atomic mass is 35.5. The molecule has 1 heterocycles. The quantitative estimate of drug-likeness (QED) is 0.477. The summed E-state index contributed by atoms with van der Waals surface area (Å²) in [7, 11) is 0. The molecule has 23 heavy (non-hydrogen) atoms. The van der Waals surface area contributed by atoms with Gasteiger partial charge in [-0.1, -0.05) is 11.6 Å². The summed E-state index contributed by atoms with van der Waals surface area (Å²) in [5, 5.41) is 0.707. The lowest BCUT2D eigenvalue weighted by Gasteiger charge is -2.07. The molecule has 0 saturated carbocycles. The van der Waals surface area contributed by atoms with Gasteiger partial charge in [0.2, 0.25) is 5.91 Å². The van der Waals surface area contributed by atoms with Crippen LogP contribution >= 0.6 is 23.4 Å². The summed E-state index contributed by atoms with van der Waals surface area (Å²) >= 11 is 7.48. The number of nitrogens with zero attached hydrogens (tertiary/aromatic N) is 1. The summed E-state index contributed by atoms with van der Waals surface area (Å²) in [6, 6.07) is 10.8. The van der Waals surface area contributed by atoms with Crippen LogP contribution in [0.25, 0.3) is 0 Å². The molecule has 1 aromatic heterocycles. The predicted molar refractivity (Wildman–Crippen MR) is 91.3 cm³/mol. The number of aromatic nitrogens is 1. The lowest BCUT2D eigenvalue weighted by atomic mass is 10.3. The smallest absolute Gasteiger partial charge is 0.271 e. The van der Waals surface area contributed by atoms with Crippen molar-refractivity contribution in [3.8, 4) is 0 Å². The molecule has 2 aromatic rings. The Balaban J connectivity index is 1.62. The summed E-state index contributed by atoms with van der Waals surface area (Å²) in [5.41, 5.74) is 5.15. The van der Waals surface area contributed by atoms with E-state index in [1.54, 1.807) is 30.1 Å². The Morgan fingerprint density at radius 2 is 1.91 bits per heavy atom. The molecule has 0 aliphatic rings. The number of carbonyl (C=O) groups excluding carboxylic acids is 2. The number of benzene rings is 1. The maximum absolute atomic E-state index is 11.7. The van der Waals surface area contributed by atoms with Gasteiger partial charge < -0.3 is 0 Å². The van der Waals surface area contributed by atoms with Crippen molar-refractivity contribution >= 4 is 35.2 Å². The van der Waals surface area contributed by atoms with E-state index >= 15 is 0 Å². The number of hydrogen-bond donors (Lipinski definition) is 2. The number of thioether (sulfide) groups is 1. The van der Waals surface area contributed by atoms with Gasteiger partial charge >= 0.3 is 0 Å². The second-order valence-electron chi connectivity index (χ2n) is 4.65. The van der Waals surface area contributed by atoms with E-state index in [4.69, 9.17) is 11.6 Å². The van der Waals surface area contributed by atoms with Gasteiger partial charge in [0.25, 0.3) is 5.91 Å². The minimum Gasteiger partial charge on any atom is -0.273 e. The zero-order chi connectivity index (χ0) is 16.5. The van der Waals surface area contributed by atoms with E-state index < -0.39 is 0 Å². The Morgan fingerprint density at radius 1 is 1.13 bits per heavy atom. The minimum absolute atomic E-state index is 0.223. The standard InChI is InChI=1S/C16H16ClN3O2S/c17-13-5-7-14(8-6-13)23-10-2-4-15(21)19-20-16(22)12-3-1-9-18-11-12/h1,3,5-9,11H,2,4,10H2,(H,19,21)(H,20,22). The maximum Gasteiger partial charge on any atom is 0.271 e. The third-order valence-corrected chi connectivity index (χ3v) is 4.22. The Hall–Kier alpha value is -2.05. The molecule has 0 atom stereocenters. The summed E-state index contributed by atoms with van der Waals surface area (Å²) in [6.07, 6.45) is 4.06. The monoisotopic (exact) mass is 349 g/mol. The molecular weight excluding hydrogens is 334 g/mol. The van der Waals surface area contributed by atoms with Crippen LogP contribution in [-0.4, -0.2) is 22.6 Å². The third-order valence-electron chi connectivity index (χ3n) is 2.87. The lowest BCUT2D eigenvalue weighted by molar-refractivity contribution is -0.121. The van der Waals surface area contributed by atoms with Crippen LogP contribution in [-0.2, 0) is 4.79 Å². The molecule has 1 aromatic carbocycles. The van der Waals surface area contributed by atoms with E-state index in [1.165, 1.54) is 6.20 Å². The number of carbonyl (C=O) groups is 2. The number of hydrogen-bond acceptors (Lipinski definition) is 4. The fourth-order valence-electron chi connectivity index (χ4n) is 1.71. The van der Waals surface area contributed by atoms with Crippen molar-refractivity contribution in [2.75, 3.05) is 5.75 Å². The fourth-order valence-corrected chi connectivity index (χ4v) is 2.69. The molecule has 2 N–H and O–H groups in total. The van der Waals surface area contributed by atoms with E-state index in [1.807, 2.05) is 24.3 Å². The molecule has 0 radical (unpaired) electrons. The van der Waals surface area contributed by atoms with E-state index in [0.717, 1.165) is 10.6 Å². The molecule has 7 heteroatoms. The fraction of sp³-hybridized carbons (Fsp3) is 0.188. The number of halogens is 1. The molecule has 0 unspecified atom stereocenters. The first-order chi connectivity index (χ1) is 11.1. The SMILES string of the molecule is O=C(CCCSc1ccc(Cl)cc1)NNC(=O)c1cccnc1. The summed E-state index contributed by atoms with van der Waals surface area (Å²) in [5.74, 6) is 0.201. The predicted octanol–water partition coefficient (Wildman–Crippen LogP) is 3.07. The van der Waals surface area contributed by atoms with Crippen LogP contribution in [0.2, 0.25) is 5.02 Å². The van der Waals surface area contributed by atoms with E-state index in [0.29, 0.717) is 23.4 Å². The number of amides is 2. The molecule has 0 saturated heterocycles. The second kappa shape index (κ2) is 9.17. The third kappa shape index (κ3) is 6.30. The van der Waals surface area contributed by atoms with E-state index in [2.05, 4.69) is 15.8 Å². The van der Waals surface area contributed by atoms with Crippen molar-refractivity contribution in [1.82, 2.24) is 15.8 Å². The summed E-state index contributed by atoms with van der Waals surface area (Å²) in [6.45, 7) is 0. The van der Waals surface area contributed by atoms with Gasteiger partial charge in [-0.05, 0) is 48.6 Å². The van der Waals surface area contributed by atoms with Crippen LogP contribution in [0, 0.1) is 0 Å². The van der Waals surface area contributed by atoms with Crippen molar-refractivity contribution in [1.29, 1.82) is 0 Å². The summed E-state index contributed by atoms with van der Waals surface area (Å²) < 4.78 is 0. The minimum atomic E-state index is -0.387. The van der Waals surface area contributed by atoms with Crippen molar-refractivity contribution in [2.24, 2.45) is 0 Å². The molecule has 5 nitrogen and oxygen atoms in total. The average molecular weight is 350 g/mol. The van der Waals surface area contributed by atoms with Gasteiger partial charge in [0.1, 0.15) is 0 Å². The molecule has 120 valence electrons. The average Bonchev–Trinajstić information content (AvgIpc) is 2.59. The molecular formula is C16H16ClN3O2S. The second-order valence-corrected chi connectivity index (χ2v) is 6.25. The molecule has 2 rings (SSSR count). The zero-order valence-corrected chi connectivity index (χ0v) is 13.9. The maximum atomic E-state index is 11.7. The van der Waals surface area contributed by atoms with Gasteiger partial charge in [0.15, 0.2) is 0 Å². The van der Waals surface area contributed by atoms with Gasteiger partial charge in [-0.2, -0.15) is 0 Å². The van der Waals surface area contributed by atoms with Gasteiger partial charge in [-0.3, -0.25) is 25.4 Å². The Kier molecular flexibility index (Phi) is 6.90. The van der Waals surface area contributed by atoms with Gasteiger partial charge in [0, 0.05) is 28.7 Å². The van der Waals surface area contributed by atoms with Gasteiger partial charge in [-0.15, -0.1) is 11.8 Å². The van der Waals surface area contributed by atoms with Crippen molar-refractivity contribution in [3.63, 3.8) is 0 Å². The first kappa shape index (κ1) is 17.3. The first-order valence-electron chi connectivity index (χ1n) is 7.03. The van der Waals surface area contributed by atoms with Crippen molar-refractivity contribution in [3.05, 3.63) is 59.4 Å². The Bertz CT molecular complexity index is 650. The number of hydrazine groups is 1. The largest absolute Gasteiger partial charge is 0.273 e. The molecule has 0 fully saturated rings. The highest BCUT2D eigenvalue weighted by Gasteiger charge is 2.07. The molecule has 0 bridgehead atoms. The highest BCUT2D eigenvalue weighted by Crippen LogP contribution is 2.21. The van der Waals surface area contributed by atoms with Crippen LogP contribution in [0.5, 0.6) is 0 Å². The molecule has 0 spiro atoms. The van der Waals surface area contributed by atoms with Crippen LogP contribution in [0.1, 0.15) is 23.2 Å². The topological polar surface area (TPSA) is 71.1 Å². The molecule has 2 amide bonds. The number of nitrogens with one attached hydrogen (secondary N) is 2. The van der Waals surface area contributed by atoms with Crippen molar-refractivity contribution in [2.45, 2.75) is 17.7 Å². The Labute approximate surface area is 143 Å². The first-order valence-corrected chi connectivity index (χ1v) is 8.39. The van der Waals surface area contributed by atoms with Crippen LogP contribution in [0.3, 0.4) is 0 Å². The van der Waals surface area contributed by atoms with Gasteiger partial charge in [-0.25, -0.2) is 0 Å². The van der Waals surface area contributed by atoms with E-state index in [9.17, 15) is 9.59 Å². The number of rotatable bonds is 6. The normalized spacial score (nSPS) is 10.1. The van der Waals surface area contributed by atoms with Crippen LogP contribution in [0.15, 0.2) is 53.7 Å². The zero-order valence-electron chi connectivity index (χ0n) is 12.3. The molecule has 0 aliphatic carbocycles. The van der Waals surface area contributed by atoms with Crippen LogP contribution in [0.4, 0.5) is 0 Å². The lowest BCUT2D eigenvalue weighted by Crippen LogP contribution is -2.41. The van der Waals surface area contributed by atoms with Crippen LogP contribution < -0.4 is 10.9 Å². The number of pyridine rings is 1. The van der Waals surface area contributed by atoms with E-state index in [-0.39, 0.29) is 11.8 Å². The van der Waals surface area contributed by atoms with Gasteiger partial charge in [0.05, 0.1) is 5.56 Å². The Morgan fingerprint density at radius 3 is 2.61 bits per heavy atom. The molecule has 0 aliphatic heterocycles. The summed E-state index contributed by atoms with van der Waals surface area (Å²) in [4.78, 5) is 28.3. The highest BCUT2D eigenvalue weighted by molar-refractivity contribution is 7.99. The van der Waals surface area contributed by atoms with Crippen molar-refractivity contribution < 1.29 is 9.59 Å².